The fraction of sp³-hybridized carbons (Fsp3) is 0.227. The monoisotopic (exact) mass is 420 g/mol. The predicted octanol–water partition coefficient (Wildman–Crippen LogP) is 3.93. The second-order valence-electron chi connectivity index (χ2n) is 7.54. The molecule has 1 N–H and O–H groups in total. The van der Waals surface area contributed by atoms with Crippen molar-refractivity contribution < 1.29 is 9.90 Å². The molecule has 0 aliphatic heterocycles. The van der Waals surface area contributed by atoms with Crippen LogP contribution in [0.25, 0.3) is 27.8 Å². The summed E-state index contributed by atoms with van der Waals surface area (Å²) in [4.78, 5) is 33.4. The van der Waals surface area contributed by atoms with E-state index >= 15 is 0 Å². The summed E-state index contributed by atoms with van der Waals surface area (Å²) in [6.07, 6.45) is 1.75. The molecule has 0 saturated heterocycles. The van der Waals surface area contributed by atoms with Gasteiger partial charge >= 0.3 is 5.97 Å². The van der Waals surface area contributed by atoms with Gasteiger partial charge in [0.2, 0.25) is 0 Å². The van der Waals surface area contributed by atoms with Crippen molar-refractivity contribution >= 4 is 34.1 Å². The molecule has 1 aliphatic carbocycles. The number of hydrogen-bond donors (Lipinski definition) is 1. The van der Waals surface area contributed by atoms with Crippen LogP contribution in [0.15, 0.2) is 53.3 Å². The predicted molar refractivity (Wildman–Crippen MR) is 113 cm³/mol. The second-order valence-corrected chi connectivity index (χ2v) is 7.98. The number of carboxylic acids is 1. The number of aliphatic carboxylic acids is 1. The van der Waals surface area contributed by atoms with E-state index in [0.29, 0.717) is 52.2 Å². The van der Waals surface area contributed by atoms with Crippen LogP contribution in [0.5, 0.6) is 0 Å². The van der Waals surface area contributed by atoms with E-state index in [1.54, 1.807) is 34.8 Å². The van der Waals surface area contributed by atoms with Crippen LogP contribution in [0.2, 0.25) is 5.02 Å². The molecule has 1 saturated carbocycles. The Balaban J connectivity index is 1.80. The fourth-order valence-electron chi connectivity index (χ4n) is 4.16. The smallest absolute Gasteiger partial charge is 0.306 e. The lowest BCUT2D eigenvalue weighted by Gasteiger charge is -2.15. The molecule has 0 unspecified atom stereocenters. The lowest BCUT2D eigenvalue weighted by molar-refractivity contribution is -0.141. The maximum atomic E-state index is 12.8. The van der Waals surface area contributed by atoms with E-state index in [4.69, 9.17) is 16.6 Å². The minimum atomic E-state index is -0.794. The van der Waals surface area contributed by atoms with Crippen LogP contribution in [0.1, 0.15) is 31.0 Å². The average Bonchev–Trinajstić information content (AvgIpc) is 3.24. The largest absolute Gasteiger partial charge is 0.481 e. The van der Waals surface area contributed by atoms with Crippen molar-refractivity contribution in [3.63, 3.8) is 0 Å². The molecule has 0 spiro atoms. The van der Waals surface area contributed by atoms with Crippen molar-refractivity contribution in [2.75, 3.05) is 0 Å². The van der Waals surface area contributed by atoms with Gasteiger partial charge in [-0.15, -0.1) is 0 Å². The maximum absolute atomic E-state index is 12.8. The normalized spacial score (nSPS) is 18.8. The van der Waals surface area contributed by atoms with Crippen molar-refractivity contribution in [1.82, 2.24) is 19.6 Å². The van der Waals surface area contributed by atoms with Crippen molar-refractivity contribution in [2.45, 2.75) is 25.2 Å². The Morgan fingerprint density at radius 1 is 1.10 bits per heavy atom. The van der Waals surface area contributed by atoms with Gasteiger partial charge in [-0.05, 0) is 37.5 Å². The first-order chi connectivity index (χ1) is 14.5. The molecule has 0 amide bonds. The SMILES string of the molecule is O=C(O)[C@@H]1CC[C@@H](c2nc3ccc(Cl)cc3c3nc(=O)c(-c4ccccc4)nn23)C1. The molecule has 150 valence electrons. The fourth-order valence-corrected chi connectivity index (χ4v) is 4.33. The van der Waals surface area contributed by atoms with E-state index < -0.39 is 17.4 Å². The first-order valence-corrected chi connectivity index (χ1v) is 10.1. The molecule has 4 aromatic rings. The van der Waals surface area contributed by atoms with Gasteiger partial charge in [-0.25, -0.2) is 4.98 Å². The molecule has 1 aliphatic rings. The van der Waals surface area contributed by atoms with Crippen LogP contribution < -0.4 is 5.56 Å². The zero-order valence-electron chi connectivity index (χ0n) is 15.8. The van der Waals surface area contributed by atoms with Crippen LogP contribution in [-0.4, -0.2) is 30.7 Å². The highest BCUT2D eigenvalue weighted by atomic mass is 35.5. The Labute approximate surface area is 176 Å². The van der Waals surface area contributed by atoms with Gasteiger partial charge in [0.1, 0.15) is 5.82 Å². The van der Waals surface area contributed by atoms with Crippen molar-refractivity contribution in [3.05, 3.63) is 69.7 Å². The molecule has 30 heavy (non-hydrogen) atoms. The summed E-state index contributed by atoms with van der Waals surface area (Å²) in [7, 11) is 0. The number of aromatic nitrogens is 4. The maximum Gasteiger partial charge on any atom is 0.306 e. The molecule has 1 fully saturated rings. The van der Waals surface area contributed by atoms with Gasteiger partial charge in [0.05, 0.1) is 11.4 Å². The van der Waals surface area contributed by atoms with Crippen molar-refractivity contribution in [2.24, 2.45) is 5.92 Å². The molecule has 0 radical (unpaired) electrons. The van der Waals surface area contributed by atoms with Crippen LogP contribution in [0, 0.1) is 5.92 Å². The molecule has 2 heterocycles. The Kier molecular flexibility index (Phi) is 4.47. The molecule has 8 heteroatoms. The summed E-state index contributed by atoms with van der Waals surface area (Å²) in [5.74, 6) is -0.673. The van der Waals surface area contributed by atoms with Gasteiger partial charge in [0.25, 0.3) is 5.56 Å². The number of fused-ring (bicyclic) bond motifs is 3. The first kappa shape index (κ1) is 18.7. The quantitative estimate of drug-likeness (QED) is 0.504. The molecular formula is C22H17ClN4O3. The van der Waals surface area contributed by atoms with Crippen LogP contribution >= 0.6 is 11.6 Å². The Morgan fingerprint density at radius 2 is 1.90 bits per heavy atom. The molecule has 7 nitrogen and oxygen atoms in total. The van der Waals surface area contributed by atoms with E-state index in [0.717, 1.165) is 0 Å². The number of rotatable bonds is 3. The molecule has 2 aromatic heterocycles. The third-order valence-electron chi connectivity index (χ3n) is 5.66. The van der Waals surface area contributed by atoms with Crippen LogP contribution in [0.4, 0.5) is 0 Å². The molecule has 2 atom stereocenters. The third kappa shape index (κ3) is 3.11. The van der Waals surface area contributed by atoms with E-state index in [9.17, 15) is 14.7 Å². The van der Waals surface area contributed by atoms with E-state index in [1.807, 2.05) is 18.2 Å². The molecular weight excluding hydrogens is 404 g/mol. The first-order valence-electron chi connectivity index (χ1n) is 9.70. The molecule has 0 bridgehead atoms. The highest BCUT2D eigenvalue weighted by molar-refractivity contribution is 6.31. The average molecular weight is 421 g/mol. The number of carboxylic acid groups (broad SMARTS) is 1. The minimum Gasteiger partial charge on any atom is -0.481 e. The third-order valence-corrected chi connectivity index (χ3v) is 5.89. The summed E-state index contributed by atoms with van der Waals surface area (Å²) in [5.41, 5.74) is 1.48. The topological polar surface area (TPSA) is 97.5 Å². The van der Waals surface area contributed by atoms with E-state index in [-0.39, 0.29) is 11.6 Å². The van der Waals surface area contributed by atoms with Crippen molar-refractivity contribution in [3.8, 4) is 11.3 Å². The minimum absolute atomic E-state index is 0.0888. The highest BCUT2D eigenvalue weighted by Gasteiger charge is 2.33. The number of benzene rings is 2. The summed E-state index contributed by atoms with van der Waals surface area (Å²) >= 11 is 6.18. The number of hydrogen-bond acceptors (Lipinski definition) is 5. The summed E-state index contributed by atoms with van der Waals surface area (Å²) < 4.78 is 1.59. The Bertz CT molecular complexity index is 1350. The Morgan fingerprint density at radius 3 is 2.63 bits per heavy atom. The van der Waals surface area contributed by atoms with Gasteiger partial charge < -0.3 is 5.11 Å². The zero-order chi connectivity index (χ0) is 20.8. The van der Waals surface area contributed by atoms with Gasteiger partial charge in [-0.3, -0.25) is 9.59 Å². The number of halogens is 1. The number of nitrogens with zero attached hydrogens (tertiary/aromatic N) is 4. The van der Waals surface area contributed by atoms with Crippen LogP contribution in [-0.2, 0) is 4.79 Å². The van der Waals surface area contributed by atoms with E-state index in [1.165, 1.54) is 0 Å². The lowest BCUT2D eigenvalue weighted by Crippen LogP contribution is -2.20. The van der Waals surface area contributed by atoms with Crippen molar-refractivity contribution in [1.29, 1.82) is 0 Å². The van der Waals surface area contributed by atoms with Gasteiger partial charge in [-0.2, -0.15) is 14.6 Å². The standard InChI is InChI=1S/C22H17ClN4O3/c23-15-8-9-17-16(11-15)20-25-21(28)18(12-4-2-1-3-5-12)26-27(20)19(24-17)13-6-7-14(10-13)22(29)30/h1-5,8-9,11,13-14H,6-7,10H2,(H,29,30)/t13-,14-/m1/s1. The Hall–Kier alpha value is -3.32. The highest BCUT2D eigenvalue weighted by Crippen LogP contribution is 2.38. The van der Waals surface area contributed by atoms with Crippen LogP contribution in [0.3, 0.4) is 0 Å². The number of carbonyl (C=O) groups is 1. The zero-order valence-corrected chi connectivity index (χ0v) is 16.6. The summed E-state index contributed by atoms with van der Waals surface area (Å²) in [5, 5.41) is 15.2. The van der Waals surface area contributed by atoms with Gasteiger partial charge in [0, 0.05) is 21.9 Å². The van der Waals surface area contributed by atoms with Gasteiger partial charge in [-0.1, -0.05) is 41.9 Å². The van der Waals surface area contributed by atoms with E-state index in [2.05, 4.69) is 10.1 Å². The van der Waals surface area contributed by atoms with Gasteiger partial charge in [0.15, 0.2) is 11.3 Å². The molecule has 5 rings (SSSR count). The summed E-state index contributed by atoms with van der Waals surface area (Å²) in [6, 6.07) is 14.4. The lowest BCUT2D eigenvalue weighted by atomic mass is 10.0. The summed E-state index contributed by atoms with van der Waals surface area (Å²) in [6.45, 7) is 0. The molecule has 2 aromatic carbocycles. The second kappa shape index (κ2) is 7.18.